The average Bonchev–Trinajstić information content (AvgIpc) is 3.08. The van der Waals surface area contributed by atoms with Crippen molar-refractivity contribution >= 4 is 17.5 Å². The molecule has 5 fully saturated rings. The highest BCUT2D eigenvalue weighted by Crippen LogP contribution is 2.61. The number of anilines is 2. The zero-order valence-electron chi connectivity index (χ0n) is 14.9. The molecular weight excluding hydrogens is 312 g/mol. The molecule has 0 atom stereocenters. The highest BCUT2D eigenvalue weighted by molar-refractivity contribution is 5.90. The third kappa shape index (κ3) is 3.02. The maximum absolute atomic E-state index is 12.7. The van der Waals surface area contributed by atoms with Gasteiger partial charge in [0.25, 0.3) is 0 Å². The van der Waals surface area contributed by atoms with Crippen LogP contribution < -0.4 is 10.2 Å². The highest BCUT2D eigenvalue weighted by Gasteiger charge is 2.51. The van der Waals surface area contributed by atoms with Crippen LogP contribution in [-0.4, -0.2) is 29.0 Å². The van der Waals surface area contributed by atoms with Gasteiger partial charge in [0, 0.05) is 19.5 Å². The Labute approximate surface area is 149 Å². The number of carbonyl (C=O) groups excluding carboxylic acids is 1. The Morgan fingerprint density at radius 3 is 2.16 bits per heavy atom. The topological polar surface area (TPSA) is 58.1 Å². The van der Waals surface area contributed by atoms with E-state index in [1.165, 1.54) is 51.4 Å². The van der Waals surface area contributed by atoms with Crippen LogP contribution in [0.2, 0.25) is 0 Å². The van der Waals surface area contributed by atoms with Crippen LogP contribution in [0.15, 0.2) is 12.4 Å². The number of hydrogen-bond acceptors (Lipinski definition) is 4. The standard InChI is InChI=1S/C20H28N4O/c25-18(11-20-8-14-5-15(9-20)7-16(6-14)10-20)23-17-12-21-19(22-13-17)24-3-1-2-4-24/h12-16H,1-11H2,(H,23,25). The summed E-state index contributed by atoms with van der Waals surface area (Å²) in [5.74, 6) is 3.61. The summed E-state index contributed by atoms with van der Waals surface area (Å²) in [7, 11) is 0. The Morgan fingerprint density at radius 1 is 1.04 bits per heavy atom. The molecule has 25 heavy (non-hydrogen) atoms. The van der Waals surface area contributed by atoms with Gasteiger partial charge in [-0.05, 0) is 74.5 Å². The van der Waals surface area contributed by atoms with Gasteiger partial charge >= 0.3 is 0 Å². The van der Waals surface area contributed by atoms with E-state index in [0.29, 0.717) is 6.42 Å². The number of amides is 1. The van der Waals surface area contributed by atoms with E-state index in [9.17, 15) is 4.79 Å². The van der Waals surface area contributed by atoms with Crippen LogP contribution in [0.4, 0.5) is 11.6 Å². The Kier molecular flexibility index (Phi) is 3.72. The number of nitrogens with zero attached hydrogens (tertiary/aromatic N) is 3. The molecule has 5 nitrogen and oxygen atoms in total. The molecule has 1 N–H and O–H groups in total. The Hall–Kier alpha value is -1.65. The van der Waals surface area contributed by atoms with Crippen LogP contribution in [0, 0.1) is 23.2 Å². The highest BCUT2D eigenvalue weighted by atomic mass is 16.1. The van der Waals surface area contributed by atoms with Gasteiger partial charge in [0.2, 0.25) is 11.9 Å². The van der Waals surface area contributed by atoms with E-state index < -0.39 is 0 Å². The molecule has 5 heteroatoms. The van der Waals surface area contributed by atoms with Gasteiger partial charge in [0.15, 0.2) is 0 Å². The predicted octanol–water partition coefficient (Wildman–Crippen LogP) is 3.62. The molecule has 4 saturated carbocycles. The van der Waals surface area contributed by atoms with E-state index in [1.54, 1.807) is 12.4 Å². The molecule has 1 amide bonds. The van der Waals surface area contributed by atoms with E-state index in [4.69, 9.17) is 0 Å². The largest absolute Gasteiger partial charge is 0.341 e. The summed E-state index contributed by atoms with van der Waals surface area (Å²) in [6.07, 6.45) is 14.7. The Morgan fingerprint density at radius 2 is 1.60 bits per heavy atom. The number of nitrogens with one attached hydrogen (secondary N) is 1. The van der Waals surface area contributed by atoms with Crippen molar-refractivity contribution in [2.24, 2.45) is 23.2 Å². The third-order valence-electron chi connectivity index (χ3n) is 7.01. The summed E-state index contributed by atoms with van der Waals surface area (Å²) >= 11 is 0. The molecule has 1 aromatic heterocycles. The molecule has 1 aromatic rings. The first kappa shape index (κ1) is 15.6. The Bertz CT molecular complexity index is 615. The van der Waals surface area contributed by atoms with Gasteiger partial charge in [0.1, 0.15) is 0 Å². The van der Waals surface area contributed by atoms with Crippen molar-refractivity contribution in [3.63, 3.8) is 0 Å². The number of hydrogen-bond donors (Lipinski definition) is 1. The van der Waals surface area contributed by atoms with Crippen LogP contribution in [-0.2, 0) is 4.79 Å². The van der Waals surface area contributed by atoms with E-state index in [1.807, 2.05) is 0 Å². The second-order valence-electron chi connectivity index (χ2n) is 9.11. The van der Waals surface area contributed by atoms with Crippen molar-refractivity contribution in [3.05, 3.63) is 12.4 Å². The molecule has 1 saturated heterocycles. The summed E-state index contributed by atoms with van der Waals surface area (Å²) in [6.45, 7) is 2.08. The second-order valence-corrected chi connectivity index (χ2v) is 9.11. The molecule has 0 radical (unpaired) electrons. The summed E-state index contributed by atoms with van der Waals surface area (Å²) in [5.41, 5.74) is 1.02. The first-order chi connectivity index (χ1) is 12.2. The van der Waals surface area contributed by atoms with E-state index >= 15 is 0 Å². The van der Waals surface area contributed by atoms with Crippen molar-refractivity contribution in [3.8, 4) is 0 Å². The zero-order chi connectivity index (χ0) is 16.9. The van der Waals surface area contributed by atoms with Crippen molar-refractivity contribution in [1.29, 1.82) is 0 Å². The minimum absolute atomic E-state index is 0.152. The predicted molar refractivity (Wildman–Crippen MR) is 97.3 cm³/mol. The van der Waals surface area contributed by atoms with Crippen molar-refractivity contribution in [1.82, 2.24) is 9.97 Å². The van der Waals surface area contributed by atoms with Crippen LogP contribution in [0.25, 0.3) is 0 Å². The quantitative estimate of drug-likeness (QED) is 0.909. The lowest BCUT2D eigenvalue weighted by molar-refractivity contribution is -0.124. The van der Waals surface area contributed by atoms with Crippen LogP contribution in [0.3, 0.4) is 0 Å². The fourth-order valence-electron chi connectivity index (χ4n) is 6.52. The minimum Gasteiger partial charge on any atom is -0.341 e. The molecule has 4 aliphatic carbocycles. The molecule has 0 unspecified atom stereocenters. The van der Waals surface area contributed by atoms with Gasteiger partial charge in [0.05, 0.1) is 18.1 Å². The molecule has 0 aromatic carbocycles. The molecule has 1 aliphatic heterocycles. The first-order valence-electron chi connectivity index (χ1n) is 10.0. The number of carbonyl (C=O) groups is 1. The number of rotatable bonds is 4. The van der Waals surface area contributed by atoms with Crippen LogP contribution in [0.1, 0.15) is 57.8 Å². The SMILES string of the molecule is O=C(CC12CC3CC(CC(C3)C1)C2)Nc1cnc(N2CCCC2)nc1. The first-order valence-corrected chi connectivity index (χ1v) is 10.0. The number of aromatic nitrogens is 2. The Balaban J connectivity index is 1.22. The van der Waals surface area contributed by atoms with Gasteiger partial charge in [-0.15, -0.1) is 0 Å². The van der Waals surface area contributed by atoms with E-state index in [-0.39, 0.29) is 11.3 Å². The molecule has 4 bridgehead atoms. The van der Waals surface area contributed by atoms with Crippen LogP contribution >= 0.6 is 0 Å². The van der Waals surface area contributed by atoms with Gasteiger partial charge in [-0.3, -0.25) is 4.79 Å². The molecule has 6 rings (SSSR count). The maximum atomic E-state index is 12.7. The molecule has 5 aliphatic rings. The van der Waals surface area contributed by atoms with Gasteiger partial charge < -0.3 is 10.2 Å². The zero-order valence-corrected chi connectivity index (χ0v) is 14.9. The lowest BCUT2D eigenvalue weighted by Crippen LogP contribution is -2.47. The normalized spacial score (nSPS) is 36.0. The average molecular weight is 340 g/mol. The van der Waals surface area contributed by atoms with Gasteiger partial charge in [-0.2, -0.15) is 0 Å². The maximum Gasteiger partial charge on any atom is 0.225 e. The van der Waals surface area contributed by atoms with Gasteiger partial charge in [-0.25, -0.2) is 9.97 Å². The third-order valence-corrected chi connectivity index (χ3v) is 7.01. The van der Waals surface area contributed by atoms with Crippen LogP contribution in [0.5, 0.6) is 0 Å². The molecule has 134 valence electrons. The van der Waals surface area contributed by atoms with E-state index in [0.717, 1.165) is 42.5 Å². The molecular formula is C20H28N4O. The fraction of sp³-hybridized carbons (Fsp3) is 0.750. The monoisotopic (exact) mass is 340 g/mol. The summed E-state index contributed by atoms with van der Waals surface area (Å²) in [4.78, 5) is 23.8. The second kappa shape index (κ2) is 5.96. The summed E-state index contributed by atoms with van der Waals surface area (Å²) < 4.78 is 0. The van der Waals surface area contributed by atoms with E-state index in [2.05, 4.69) is 20.2 Å². The molecule has 0 spiro atoms. The lowest BCUT2D eigenvalue weighted by atomic mass is 9.49. The summed E-state index contributed by atoms with van der Waals surface area (Å²) in [5, 5.41) is 3.05. The summed E-state index contributed by atoms with van der Waals surface area (Å²) in [6, 6.07) is 0. The fourth-order valence-corrected chi connectivity index (χ4v) is 6.52. The van der Waals surface area contributed by atoms with Crippen molar-refractivity contribution in [2.45, 2.75) is 57.8 Å². The van der Waals surface area contributed by atoms with Crippen molar-refractivity contribution < 1.29 is 4.79 Å². The smallest absolute Gasteiger partial charge is 0.225 e. The van der Waals surface area contributed by atoms with Crippen molar-refractivity contribution in [2.75, 3.05) is 23.3 Å². The molecule has 2 heterocycles. The lowest BCUT2D eigenvalue weighted by Gasteiger charge is -2.56. The van der Waals surface area contributed by atoms with Gasteiger partial charge in [-0.1, -0.05) is 0 Å². The minimum atomic E-state index is 0.152.